The van der Waals surface area contributed by atoms with Crippen LogP contribution in [0.1, 0.15) is 33.6 Å². The summed E-state index contributed by atoms with van der Waals surface area (Å²) in [4.78, 5) is 7.22. The van der Waals surface area contributed by atoms with Gasteiger partial charge >= 0.3 is 0 Å². The molecule has 0 spiro atoms. The summed E-state index contributed by atoms with van der Waals surface area (Å²) in [5.74, 6) is 0. The molecule has 144 valence electrons. The number of fused-ring (bicyclic) bond motifs is 2. The molecule has 2 aromatic carbocycles. The fourth-order valence-corrected chi connectivity index (χ4v) is 4.15. The van der Waals surface area contributed by atoms with Crippen LogP contribution in [0.25, 0.3) is 21.8 Å². The van der Waals surface area contributed by atoms with Crippen molar-refractivity contribution in [2.45, 2.75) is 39.7 Å². The molecule has 5 heteroatoms. The summed E-state index contributed by atoms with van der Waals surface area (Å²) >= 11 is 12.8. The molecule has 3 rings (SSSR count). The number of para-hydroxylation sites is 1. The number of hydrogen-bond acceptors (Lipinski definition) is 3. The first-order valence-corrected chi connectivity index (χ1v) is 10.5. The van der Waals surface area contributed by atoms with E-state index in [1.54, 1.807) is 6.07 Å². The Balaban J connectivity index is 1.91. The monoisotopic (exact) mass is 403 g/mol. The second-order valence-electron chi connectivity index (χ2n) is 7.00. The lowest BCUT2D eigenvalue weighted by Crippen LogP contribution is -2.25. The van der Waals surface area contributed by atoms with Crippen molar-refractivity contribution in [1.29, 1.82) is 0 Å². The Morgan fingerprint density at radius 1 is 1.07 bits per heavy atom. The normalized spacial score (nSPS) is 12.8. The van der Waals surface area contributed by atoms with Gasteiger partial charge in [-0.25, -0.2) is 4.98 Å². The summed E-state index contributed by atoms with van der Waals surface area (Å²) in [6.45, 7) is 10.0. The van der Waals surface area contributed by atoms with Crippen molar-refractivity contribution >= 4 is 50.7 Å². The summed E-state index contributed by atoms with van der Waals surface area (Å²) < 4.78 is 0. The predicted molar refractivity (Wildman–Crippen MR) is 119 cm³/mol. The van der Waals surface area contributed by atoms with E-state index < -0.39 is 0 Å². The highest BCUT2D eigenvalue weighted by molar-refractivity contribution is 6.40. The van der Waals surface area contributed by atoms with Crippen molar-refractivity contribution < 1.29 is 0 Å². The van der Waals surface area contributed by atoms with Crippen LogP contribution >= 0.6 is 23.2 Å². The zero-order chi connectivity index (χ0) is 19.4. The van der Waals surface area contributed by atoms with Gasteiger partial charge in [-0.2, -0.15) is 0 Å². The lowest BCUT2D eigenvalue weighted by molar-refractivity contribution is 0.295. The van der Waals surface area contributed by atoms with Crippen molar-refractivity contribution in [3.8, 4) is 0 Å². The summed E-state index contributed by atoms with van der Waals surface area (Å²) in [5, 5.41) is 6.98. The molecule has 1 atom stereocenters. The fraction of sp³-hybridized carbons (Fsp3) is 0.409. The molecule has 3 aromatic rings. The van der Waals surface area contributed by atoms with Gasteiger partial charge in [0.25, 0.3) is 0 Å². The Morgan fingerprint density at radius 3 is 2.56 bits per heavy atom. The van der Waals surface area contributed by atoms with Crippen molar-refractivity contribution in [3.05, 3.63) is 46.4 Å². The molecule has 0 fully saturated rings. The van der Waals surface area contributed by atoms with Gasteiger partial charge in [0.15, 0.2) is 0 Å². The van der Waals surface area contributed by atoms with Gasteiger partial charge in [-0.05, 0) is 57.6 Å². The average Bonchev–Trinajstić information content (AvgIpc) is 2.64. The number of nitrogens with zero attached hydrogens (tertiary/aromatic N) is 2. The molecule has 0 aliphatic heterocycles. The van der Waals surface area contributed by atoms with Gasteiger partial charge < -0.3 is 10.2 Å². The van der Waals surface area contributed by atoms with Gasteiger partial charge in [0.05, 0.1) is 21.7 Å². The summed E-state index contributed by atoms with van der Waals surface area (Å²) in [7, 11) is 0. The van der Waals surface area contributed by atoms with Crippen molar-refractivity contribution in [3.63, 3.8) is 0 Å². The van der Waals surface area contributed by atoms with E-state index in [1.807, 2.05) is 24.3 Å². The van der Waals surface area contributed by atoms with E-state index in [-0.39, 0.29) is 0 Å². The molecule has 0 aliphatic rings. The average molecular weight is 404 g/mol. The van der Waals surface area contributed by atoms with Crippen LogP contribution in [-0.2, 0) is 0 Å². The largest absolute Gasteiger partial charge is 0.381 e. The zero-order valence-corrected chi connectivity index (χ0v) is 17.7. The number of hydrogen-bond donors (Lipinski definition) is 1. The third kappa shape index (κ3) is 4.66. The SMILES string of the molecule is CCN(CC)CCCC(C)Nc1c2ccccc2nc2cc(Cl)cc(Cl)c12. The van der Waals surface area contributed by atoms with E-state index in [0.29, 0.717) is 16.1 Å². The standard InChI is InChI=1S/C22H27Cl2N3/c1-4-27(5-2)12-8-9-15(3)25-22-17-10-6-7-11-19(17)26-20-14-16(23)13-18(24)21(20)22/h6-7,10-11,13-15H,4-5,8-9,12H2,1-3H3,(H,25,26). The van der Waals surface area contributed by atoms with Gasteiger partial charge in [0.2, 0.25) is 0 Å². The number of nitrogens with one attached hydrogen (secondary N) is 1. The van der Waals surface area contributed by atoms with Crippen LogP contribution in [0, 0.1) is 0 Å². The second kappa shape index (κ2) is 9.09. The molecule has 0 saturated heterocycles. The molecular formula is C22H27Cl2N3. The highest BCUT2D eigenvalue weighted by Gasteiger charge is 2.15. The van der Waals surface area contributed by atoms with Crippen LogP contribution in [0.2, 0.25) is 10.0 Å². The molecule has 1 unspecified atom stereocenters. The molecule has 0 saturated carbocycles. The van der Waals surface area contributed by atoms with Crippen LogP contribution in [0.15, 0.2) is 36.4 Å². The second-order valence-corrected chi connectivity index (χ2v) is 7.84. The molecule has 0 amide bonds. The van der Waals surface area contributed by atoms with Gasteiger partial charge in [0.1, 0.15) is 0 Å². The van der Waals surface area contributed by atoms with E-state index >= 15 is 0 Å². The third-order valence-corrected chi connectivity index (χ3v) is 5.61. The fourth-order valence-electron chi connectivity index (χ4n) is 3.57. The number of benzene rings is 2. The summed E-state index contributed by atoms with van der Waals surface area (Å²) in [6.07, 6.45) is 2.26. The smallest absolute Gasteiger partial charge is 0.0760 e. The Bertz CT molecular complexity index is 922. The molecule has 3 nitrogen and oxygen atoms in total. The van der Waals surface area contributed by atoms with Gasteiger partial charge in [-0.3, -0.25) is 0 Å². The molecule has 0 bridgehead atoms. The van der Waals surface area contributed by atoms with E-state index in [1.165, 1.54) is 0 Å². The minimum atomic E-state index is 0.335. The number of aromatic nitrogens is 1. The van der Waals surface area contributed by atoms with Crippen LogP contribution in [0.5, 0.6) is 0 Å². The van der Waals surface area contributed by atoms with Crippen molar-refractivity contribution in [1.82, 2.24) is 9.88 Å². The number of rotatable bonds is 8. The first-order chi connectivity index (χ1) is 13.0. The summed E-state index contributed by atoms with van der Waals surface area (Å²) in [5.41, 5.74) is 2.82. The maximum absolute atomic E-state index is 6.56. The molecule has 1 N–H and O–H groups in total. The number of halogens is 2. The van der Waals surface area contributed by atoms with Crippen LogP contribution in [0.4, 0.5) is 5.69 Å². The molecule has 0 radical (unpaired) electrons. The Morgan fingerprint density at radius 2 is 1.81 bits per heavy atom. The molecule has 1 heterocycles. The Kier molecular flexibility index (Phi) is 6.80. The van der Waals surface area contributed by atoms with E-state index in [9.17, 15) is 0 Å². The minimum absolute atomic E-state index is 0.335. The number of pyridine rings is 1. The maximum atomic E-state index is 6.56. The first-order valence-electron chi connectivity index (χ1n) is 9.69. The Labute approximate surface area is 171 Å². The molecule has 1 aromatic heterocycles. The van der Waals surface area contributed by atoms with E-state index in [2.05, 4.69) is 37.1 Å². The van der Waals surface area contributed by atoms with Crippen LogP contribution in [-0.4, -0.2) is 35.6 Å². The lowest BCUT2D eigenvalue weighted by atomic mass is 10.1. The number of anilines is 1. The maximum Gasteiger partial charge on any atom is 0.0760 e. The third-order valence-electron chi connectivity index (χ3n) is 5.10. The highest BCUT2D eigenvalue weighted by Crippen LogP contribution is 2.37. The van der Waals surface area contributed by atoms with Crippen LogP contribution in [0.3, 0.4) is 0 Å². The molecule has 27 heavy (non-hydrogen) atoms. The minimum Gasteiger partial charge on any atom is -0.381 e. The van der Waals surface area contributed by atoms with Crippen molar-refractivity contribution in [2.75, 3.05) is 25.0 Å². The van der Waals surface area contributed by atoms with Gasteiger partial charge in [-0.1, -0.05) is 55.2 Å². The predicted octanol–water partition coefficient (Wildman–Crippen LogP) is 6.62. The van der Waals surface area contributed by atoms with E-state index in [0.717, 1.165) is 60.0 Å². The van der Waals surface area contributed by atoms with Gasteiger partial charge in [0, 0.05) is 21.8 Å². The molecule has 0 aliphatic carbocycles. The molecular weight excluding hydrogens is 377 g/mol. The Hall–Kier alpha value is -1.55. The van der Waals surface area contributed by atoms with Crippen LogP contribution < -0.4 is 5.32 Å². The summed E-state index contributed by atoms with van der Waals surface area (Å²) in [6, 6.07) is 12.2. The van der Waals surface area contributed by atoms with Crippen molar-refractivity contribution in [2.24, 2.45) is 0 Å². The quantitative estimate of drug-likeness (QED) is 0.428. The zero-order valence-electron chi connectivity index (χ0n) is 16.2. The van der Waals surface area contributed by atoms with Gasteiger partial charge in [-0.15, -0.1) is 0 Å². The lowest BCUT2D eigenvalue weighted by Gasteiger charge is -2.22. The topological polar surface area (TPSA) is 28.2 Å². The highest BCUT2D eigenvalue weighted by atomic mass is 35.5. The first kappa shape index (κ1) is 20.2. The van der Waals surface area contributed by atoms with E-state index in [4.69, 9.17) is 28.2 Å².